The summed E-state index contributed by atoms with van der Waals surface area (Å²) in [5.74, 6) is 0.561. The number of pyridine rings is 1. The number of nitrogens with two attached hydrogens (primary N) is 1. The van der Waals surface area contributed by atoms with Gasteiger partial charge in [-0.25, -0.2) is 13.8 Å². The highest BCUT2D eigenvalue weighted by Crippen LogP contribution is 2.42. The van der Waals surface area contributed by atoms with Crippen LogP contribution in [0.1, 0.15) is 5.56 Å². The van der Waals surface area contributed by atoms with Crippen LogP contribution >= 0.6 is 0 Å². The average molecular weight is 435 g/mol. The average Bonchev–Trinajstić information content (AvgIpc) is 3.15. The van der Waals surface area contributed by atoms with E-state index in [0.29, 0.717) is 35.1 Å². The SMILES string of the molecule is COc1cc(F)cc2[nH]c(-c3cncc(-c4cc(C)cc(F)c4)c3N3CC(CN)C3)nc12. The van der Waals surface area contributed by atoms with Gasteiger partial charge in [0.05, 0.1) is 23.9 Å². The Bertz CT molecular complexity index is 1290. The third kappa shape index (κ3) is 3.46. The maximum atomic E-state index is 14.2. The molecule has 0 spiro atoms. The van der Waals surface area contributed by atoms with Crippen LogP contribution in [-0.2, 0) is 0 Å². The largest absolute Gasteiger partial charge is 0.494 e. The number of halogens is 2. The number of hydrogen-bond donors (Lipinski definition) is 2. The Morgan fingerprint density at radius 1 is 1.09 bits per heavy atom. The standard InChI is InChI=1S/C24H23F2N5O/c1-13-3-15(5-16(25)4-13)18-9-28-10-19(23(18)31-11-14(8-27)12-31)24-29-20-6-17(26)7-21(32-2)22(20)30-24/h3-7,9-10,14H,8,11-12,27H2,1-2H3,(H,29,30). The maximum Gasteiger partial charge on any atom is 0.149 e. The molecule has 0 saturated carbocycles. The first-order valence-electron chi connectivity index (χ1n) is 10.4. The Morgan fingerprint density at radius 3 is 2.56 bits per heavy atom. The number of rotatable bonds is 5. The minimum absolute atomic E-state index is 0.302. The quantitative estimate of drug-likeness (QED) is 0.489. The van der Waals surface area contributed by atoms with E-state index in [1.807, 2.05) is 13.0 Å². The van der Waals surface area contributed by atoms with Crippen molar-refractivity contribution in [1.29, 1.82) is 0 Å². The summed E-state index contributed by atoms with van der Waals surface area (Å²) in [6, 6.07) is 7.63. The van der Waals surface area contributed by atoms with Gasteiger partial charge in [-0.15, -0.1) is 0 Å². The number of methoxy groups -OCH3 is 1. The van der Waals surface area contributed by atoms with Crippen molar-refractivity contribution in [3.05, 3.63) is 59.9 Å². The summed E-state index contributed by atoms with van der Waals surface area (Å²) in [5, 5.41) is 0. The van der Waals surface area contributed by atoms with Gasteiger partial charge in [0.2, 0.25) is 0 Å². The normalized spacial score (nSPS) is 14.1. The highest BCUT2D eigenvalue weighted by atomic mass is 19.1. The van der Waals surface area contributed by atoms with Crippen molar-refractivity contribution in [2.24, 2.45) is 11.7 Å². The van der Waals surface area contributed by atoms with Gasteiger partial charge in [0.15, 0.2) is 0 Å². The summed E-state index contributed by atoms with van der Waals surface area (Å²) in [4.78, 5) is 14.5. The molecule has 1 fully saturated rings. The Balaban J connectivity index is 1.71. The number of nitrogens with zero attached hydrogens (tertiary/aromatic N) is 3. The van der Waals surface area contributed by atoms with Crippen molar-refractivity contribution in [3.63, 3.8) is 0 Å². The highest BCUT2D eigenvalue weighted by molar-refractivity contribution is 5.92. The van der Waals surface area contributed by atoms with E-state index in [1.54, 1.807) is 12.4 Å². The lowest BCUT2D eigenvalue weighted by Gasteiger charge is -2.42. The molecule has 32 heavy (non-hydrogen) atoms. The number of anilines is 1. The molecule has 1 aliphatic heterocycles. The van der Waals surface area contributed by atoms with Gasteiger partial charge in [-0.05, 0) is 42.8 Å². The second kappa shape index (κ2) is 7.87. The molecule has 0 aliphatic carbocycles. The van der Waals surface area contributed by atoms with Crippen LogP contribution in [0.25, 0.3) is 33.5 Å². The molecule has 0 bridgehead atoms. The second-order valence-electron chi connectivity index (χ2n) is 8.20. The second-order valence-corrected chi connectivity index (χ2v) is 8.20. The summed E-state index contributed by atoms with van der Waals surface area (Å²) >= 11 is 0. The van der Waals surface area contributed by atoms with E-state index in [1.165, 1.54) is 31.4 Å². The topological polar surface area (TPSA) is 80.1 Å². The van der Waals surface area contributed by atoms with Gasteiger partial charge in [-0.2, -0.15) is 0 Å². The molecule has 0 unspecified atom stereocenters. The molecular formula is C24H23F2N5O. The van der Waals surface area contributed by atoms with Gasteiger partial charge in [0, 0.05) is 43.0 Å². The van der Waals surface area contributed by atoms with Crippen LogP contribution in [0.2, 0.25) is 0 Å². The minimum atomic E-state index is -0.416. The number of aryl methyl sites for hydroxylation is 1. The van der Waals surface area contributed by atoms with Crippen molar-refractivity contribution in [2.45, 2.75) is 6.92 Å². The van der Waals surface area contributed by atoms with E-state index in [0.717, 1.165) is 41.0 Å². The predicted octanol–water partition coefficient (Wildman–Crippen LogP) is 4.28. The number of H-pyrrole nitrogens is 1. The van der Waals surface area contributed by atoms with E-state index >= 15 is 0 Å². The molecule has 1 saturated heterocycles. The van der Waals surface area contributed by atoms with Crippen LogP contribution < -0.4 is 15.4 Å². The monoisotopic (exact) mass is 435 g/mol. The Labute approximate surface area is 184 Å². The number of aromatic amines is 1. The zero-order chi connectivity index (χ0) is 22.4. The van der Waals surface area contributed by atoms with Gasteiger partial charge in [-0.1, -0.05) is 6.07 Å². The van der Waals surface area contributed by atoms with Crippen LogP contribution in [0.5, 0.6) is 5.75 Å². The van der Waals surface area contributed by atoms with Crippen molar-refractivity contribution in [3.8, 4) is 28.3 Å². The van der Waals surface area contributed by atoms with Crippen LogP contribution in [0.4, 0.5) is 14.5 Å². The summed E-state index contributed by atoms with van der Waals surface area (Å²) in [7, 11) is 1.48. The number of benzene rings is 2. The third-order valence-corrected chi connectivity index (χ3v) is 5.87. The third-order valence-electron chi connectivity index (χ3n) is 5.87. The number of fused-ring (bicyclic) bond motifs is 1. The fraction of sp³-hybridized carbons (Fsp3) is 0.250. The fourth-order valence-corrected chi connectivity index (χ4v) is 4.31. The number of imidazole rings is 1. The summed E-state index contributed by atoms with van der Waals surface area (Å²) in [6.07, 6.45) is 3.47. The molecule has 0 radical (unpaired) electrons. The van der Waals surface area contributed by atoms with Gasteiger partial charge >= 0.3 is 0 Å². The number of ether oxygens (including phenoxy) is 1. The van der Waals surface area contributed by atoms with Crippen molar-refractivity contribution in [2.75, 3.05) is 31.6 Å². The molecule has 3 N–H and O–H groups in total. The minimum Gasteiger partial charge on any atom is -0.494 e. The van der Waals surface area contributed by atoms with Crippen LogP contribution in [0, 0.1) is 24.5 Å². The summed E-state index contributed by atoms with van der Waals surface area (Å²) < 4.78 is 33.6. The van der Waals surface area contributed by atoms with E-state index in [4.69, 9.17) is 15.5 Å². The Morgan fingerprint density at radius 2 is 1.84 bits per heavy atom. The van der Waals surface area contributed by atoms with E-state index in [9.17, 15) is 8.78 Å². The molecule has 2 aromatic heterocycles. The van der Waals surface area contributed by atoms with Crippen LogP contribution in [0.3, 0.4) is 0 Å². The predicted molar refractivity (Wildman–Crippen MR) is 121 cm³/mol. The number of aromatic nitrogens is 3. The van der Waals surface area contributed by atoms with Gasteiger partial charge in [0.1, 0.15) is 28.7 Å². The molecule has 4 aromatic rings. The van der Waals surface area contributed by atoms with Crippen LogP contribution in [0.15, 0.2) is 42.7 Å². The van der Waals surface area contributed by atoms with Crippen LogP contribution in [-0.4, -0.2) is 41.7 Å². The van der Waals surface area contributed by atoms with Crippen molar-refractivity contribution in [1.82, 2.24) is 15.0 Å². The molecule has 1 aliphatic rings. The number of hydrogen-bond acceptors (Lipinski definition) is 5. The lowest BCUT2D eigenvalue weighted by atomic mass is 9.94. The first kappa shape index (κ1) is 20.4. The molecule has 5 rings (SSSR count). The maximum absolute atomic E-state index is 14.2. The lowest BCUT2D eigenvalue weighted by Crippen LogP contribution is -2.50. The molecule has 6 nitrogen and oxygen atoms in total. The summed E-state index contributed by atoms with van der Waals surface area (Å²) in [5.41, 5.74) is 10.9. The van der Waals surface area contributed by atoms with Gasteiger partial charge < -0.3 is 20.4 Å². The van der Waals surface area contributed by atoms with E-state index in [-0.39, 0.29) is 5.82 Å². The van der Waals surface area contributed by atoms with E-state index in [2.05, 4.69) is 14.9 Å². The molecule has 164 valence electrons. The van der Waals surface area contributed by atoms with Gasteiger partial charge in [-0.3, -0.25) is 4.98 Å². The molecule has 3 heterocycles. The summed E-state index contributed by atoms with van der Waals surface area (Å²) in [6.45, 7) is 4.03. The zero-order valence-electron chi connectivity index (χ0n) is 17.8. The molecule has 0 amide bonds. The zero-order valence-corrected chi connectivity index (χ0v) is 17.8. The molecule has 8 heteroatoms. The molecule has 2 aromatic carbocycles. The fourth-order valence-electron chi connectivity index (χ4n) is 4.31. The Kier molecular flexibility index (Phi) is 5.01. The van der Waals surface area contributed by atoms with Gasteiger partial charge in [0.25, 0.3) is 0 Å². The smallest absolute Gasteiger partial charge is 0.149 e. The number of nitrogens with one attached hydrogen (secondary N) is 1. The first-order valence-corrected chi connectivity index (χ1v) is 10.4. The first-order chi connectivity index (χ1) is 15.5. The van der Waals surface area contributed by atoms with Crippen molar-refractivity contribution >= 4 is 16.7 Å². The molecule has 0 atom stereocenters. The Hall–Kier alpha value is -3.52. The molecular weight excluding hydrogens is 412 g/mol. The highest BCUT2D eigenvalue weighted by Gasteiger charge is 2.31. The van der Waals surface area contributed by atoms with E-state index < -0.39 is 5.82 Å². The van der Waals surface area contributed by atoms with Crippen molar-refractivity contribution < 1.29 is 13.5 Å². The lowest BCUT2D eigenvalue weighted by molar-refractivity contribution is 0.415.